The SMILES string of the molecule is O=C(Nc1ccc2c(c1)OCO2)C1CCN(C(=O)/C=C/c2ccc(Br)cc2)CC1. The number of anilines is 1. The topological polar surface area (TPSA) is 67.9 Å². The molecule has 2 aliphatic heterocycles. The minimum absolute atomic E-state index is 0.0254. The number of likely N-dealkylation sites (tertiary alicyclic amines) is 1. The van der Waals surface area contributed by atoms with Crippen LogP contribution in [-0.4, -0.2) is 36.6 Å². The van der Waals surface area contributed by atoms with Crippen molar-refractivity contribution in [2.45, 2.75) is 12.8 Å². The largest absolute Gasteiger partial charge is 0.454 e. The first-order valence-electron chi connectivity index (χ1n) is 9.51. The second-order valence-electron chi connectivity index (χ2n) is 7.04. The summed E-state index contributed by atoms with van der Waals surface area (Å²) in [7, 11) is 0. The number of rotatable bonds is 4. The fourth-order valence-corrected chi connectivity index (χ4v) is 3.69. The van der Waals surface area contributed by atoms with Crippen LogP contribution < -0.4 is 14.8 Å². The monoisotopic (exact) mass is 456 g/mol. The normalized spacial score (nSPS) is 16.2. The Kier molecular flexibility index (Phi) is 5.85. The molecule has 0 aromatic heterocycles. The molecule has 0 unspecified atom stereocenters. The van der Waals surface area contributed by atoms with Gasteiger partial charge in [-0.2, -0.15) is 0 Å². The number of hydrogen-bond acceptors (Lipinski definition) is 4. The lowest BCUT2D eigenvalue weighted by Gasteiger charge is -2.30. The third kappa shape index (κ3) is 4.79. The van der Waals surface area contributed by atoms with Crippen molar-refractivity contribution in [1.82, 2.24) is 4.90 Å². The van der Waals surface area contributed by atoms with E-state index in [4.69, 9.17) is 9.47 Å². The number of carbonyl (C=O) groups excluding carboxylic acids is 2. The van der Waals surface area contributed by atoms with E-state index in [9.17, 15) is 9.59 Å². The fraction of sp³-hybridized carbons (Fsp3) is 0.273. The van der Waals surface area contributed by atoms with Gasteiger partial charge in [0.25, 0.3) is 0 Å². The van der Waals surface area contributed by atoms with E-state index < -0.39 is 0 Å². The number of halogens is 1. The summed E-state index contributed by atoms with van der Waals surface area (Å²) in [4.78, 5) is 26.8. The smallest absolute Gasteiger partial charge is 0.246 e. The molecule has 6 nitrogen and oxygen atoms in total. The van der Waals surface area contributed by atoms with E-state index in [-0.39, 0.29) is 24.5 Å². The van der Waals surface area contributed by atoms with E-state index in [2.05, 4.69) is 21.2 Å². The molecule has 2 heterocycles. The summed E-state index contributed by atoms with van der Waals surface area (Å²) in [6.45, 7) is 1.35. The molecule has 1 N–H and O–H groups in total. The van der Waals surface area contributed by atoms with Gasteiger partial charge in [-0.1, -0.05) is 28.1 Å². The molecular formula is C22H21BrN2O4. The van der Waals surface area contributed by atoms with Crippen molar-refractivity contribution >= 4 is 39.5 Å². The molecule has 0 spiro atoms. The highest BCUT2D eigenvalue weighted by atomic mass is 79.9. The van der Waals surface area contributed by atoms with Crippen LogP contribution in [0.4, 0.5) is 5.69 Å². The van der Waals surface area contributed by atoms with Crippen molar-refractivity contribution in [3.63, 3.8) is 0 Å². The lowest BCUT2D eigenvalue weighted by molar-refractivity contribution is -0.130. The van der Waals surface area contributed by atoms with Crippen molar-refractivity contribution in [2.24, 2.45) is 5.92 Å². The van der Waals surface area contributed by atoms with E-state index in [1.54, 1.807) is 29.2 Å². The highest BCUT2D eigenvalue weighted by Crippen LogP contribution is 2.34. The van der Waals surface area contributed by atoms with Crippen LogP contribution in [0.25, 0.3) is 6.08 Å². The minimum Gasteiger partial charge on any atom is -0.454 e. The van der Waals surface area contributed by atoms with Crippen LogP contribution in [0.5, 0.6) is 11.5 Å². The number of piperidine rings is 1. The van der Waals surface area contributed by atoms with Crippen LogP contribution in [0.15, 0.2) is 53.0 Å². The van der Waals surface area contributed by atoms with Gasteiger partial charge in [0.1, 0.15) is 0 Å². The van der Waals surface area contributed by atoms with E-state index >= 15 is 0 Å². The summed E-state index contributed by atoms with van der Waals surface area (Å²) in [6.07, 6.45) is 4.70. The molecule has 0 aliphatic carbocycles. The van der Waals surface area contributed by atoms with Gasteiger partial charge in [-0.25, -0.2) is 0 Å². The fourth-order valence-electron chi connectivity index (χ4n) is 3.43. The maximum atomic E-state index is 12.6. The van der Waals surface area contributed by atoms with Gasteiger partial charge in [-0.15, -0.1) is 0 Å². The standard InChI is InChI=1S/C22H21BrN2O4/c23-17-4-1-15(2-5-17)3-8-21(26)25-11-9-16(10-12-25)22(27)24-18-6-7-19-20(13-18)29-14-28-19/h1-8,13,16H,9-12,14H2,(H,24,27)/b8-3+. The van der Waals surface area contributed by atoms with Crippen molar-refractivity contribution in [3.05, 3.63) is 58.6 Å². The first kappa shape index (κ1) is 19.5. The first-order valence-corrected chi connectivity index (χ1v) is 10.3. The zero-order valence-corrected chi connectivity index (χ0v) is 17.4. The van der Waals surface area contributed by atoms with Gasteiger partial charge in [0.05, 0.1) is 0 Å². The predicted octanol–water partition coefficient (Wildman–Crippen LogP) is 4.07. The maximum absolute atomic E-state index is 12.6. The Balaban J connectivity index is 1.27. The van der Waals surface area contributed by atoms with Gasteiger partial charge < -0.3 is 19.7 Å². The number of carbonyl (C=O) groups is 2. The van der Waals surface area contributed by atoms with Crippen LogP contribution in [0, 0.1) is 5.92 Å². The quantitative estimate of drug-likeness (QED) is 0.704. The Morgan fingerprint density at radius 2 is 1.76 bits per heavy atom. The Morgan fingerprint density at radius 1 is 1.03 bits per heavy atom. The van der Waals surface area contributed by atoms with E-state index in [1.165, 1.54) is 0 Å². The maximum Gasteiger partial charge on any atom is 0.246 e. The van der Waals surface area contributed by atoms with Gasteiger partial charge in [0.2, 0.25) is 18.6 Å². The highest BCUT2D eigenvalue weighted by Gasteiger charge is 2.27. The molecule has 0 saturated carbocycles. The number of fused-ring (bicyclic) bond motifs is 1. The molecule has 2 aromatic carbocycles. The molecule has 0 bridgehead atoms. The van der Waals surface area contributed by atoms with Crippen LogP contribution in [0.1, 0.15) is 18.4 Å². The number of ether oxygens (including phenoxy) is 2. The minimum atomic E-state index is -0.111. The molecule has 2 aliphatic rings. The molecule has 2 aromatic rings. The molecule has 7 heteroatoms. The van der Waals surface area contributed by atoms with E-state index in [1.807, 2.05) is 30.3 Å². The molecule has 0 atom stereocenters. The van der Waals surface area contributed by atoms with Crippen molar-refractivity contribution < 1.29 is 19.1 Å². The molecule has 4 rings (SSSR count). The second-order valence-corrected chi connectivity index (χ2v) is 7.96. The Morgan fingerprint density at radius 3 is 2.52 bits per heavy atom. The Labute approximate surface area is 177 Å². The Bertz CT molecular complexity index is 934. The zero-order valence-electron chi connectivity index (χ0n) is 15.8. The summed E-state index contributed by atoms with van der Waals surface area (Å²) in [5.41, 5.74) is 1.66. The molecule has 1 saturated heterocycles. The summed E-state index contributed by atoms with van der Waals surface area (Å²) in [6, 6.07) is 13.1. The molecule has 150 valence electrons. The Hall–Kier alpha value is -2.80. The van der Waals surface area contributed by atoms with Gasteiger partial charge in [-0.05, 0) is 48.7 Å². The second kappa shape index (κ2) is 8.69. The lowest BCUT2D eigenvalue weighted by atomic mass is 9.95. The summed E-state index contributed by atoms with van der Waals surface area (Å²) < 4.78 is 11.6. The first-order chi connectivity index (χ1) is 14.1. The molecule has 2 amide bonds. The third-order valence-electron chi connectivity index (χ3n) is 5.11. The lowest BCUT2D eigenvalue weighted by Crippen LogP contribution is -2.40. The van der Waals surface area contributed by atoms with Gasteiger partial charge in [0, 0.05) is 41.3 Å². The van der Waals surface area contributed by atoms with E-state index in [0.717, 1.165) is 10.0 Å². The zero-order chi connectivity index (χ0) is 20.2. The third-order valence-corrected chi connectivity index (χ3v) is 5.63. The number of hydrogen-bond donors (Lipinski definition) is 1. The van der Waals surface area contributed by atoms with Crippen LogP contribution >= 0.6 is 15.9 Å². The molecular weight excluding hydrogens is 436 g/mol. The molecule has 1 fully saturated rings. The number of benzene rings is 2. The summed E-state index contributed by atoms with van der Waals surface area (Å²) in [5.74, 6) is 1.16. The van der Waals surface area contributed by atoms with Gasteiger partial charge >= 0.3 is 0 Å². The number of amides is 2. The summed E-state index contributed by atoms with van der Waals surface area (Å²) >= 11 is 3.40. The van der Waals surface area contributed by atoms with Crippen LogP contribution in [0.3, 0.4) is 0 Å². The number of nitrogens with one attached hydrogen (secondary N) is 1. The average Bonchev–Trinajstić information content (AvgIpc) is 3.21. The highest BCUT2D eigenvalue weighted by molar-refractivity contribution is 9.10. The van der Waals surface area contributed by atoms with Crippen LogP contribution in [-0.2, 0) is 9.59 Å². The molecule has 0 radical (unpaired) electrons. The van der Waals surface area contributed by atoms with Gasteiger partial charge in [0.15, 0.2) is 11.5 Å². The summed E-state index contributed by atoms with van der Waals surface area (Å²) in [5, 5.41) is 2.94. The van der Waals surface area contributed by atoms with Gasteiger partial charge in [-0.3, -0.25) is 9.59 Å². The molecule has 29 heavy (non-hydrogen) atoms. The van der Waals surface area contributed by atoms with E-state index in [0.29, 0.717) is 43.1 Å². The number of nitrogens with zero attached hydrogens (tertiary/aromatic N) is 1. The predicted molar refractivity (Wildman–Crippen MR) is 114 cm³/mol. The van der Waals surface area contributed by atoms with Crippen molar-refractivity contribution in [2.75, 3.05) is 25.2 Å². The van der Waals surface area contributed by atoms with Crippen molar-refractivity contribution in [1.29, 1.82) is 0 Å². The average molecular weight is 457 g/mol. The van der Waals surface area contributed by atoms with Crippen molar-refractivity contribution in [3.8, 4) is 11.5 Å². The van der Waals surface area contributed by atoms with Crippen LogP contribution in [0.2, 0.25) is 0 Å².